The standard InChI is InChI=1S/C17H21N3/c1-12(2)14-3-5-15(6-4-14)17-19-10-13(11-20-17)9-18-16-7-8-16/h3-6,10-12,16,18H,7-9H2,1-2H3. The van der Waals surface area contributed by atoms with Crippen LogP contribution in [0.25, 0.3) is 11.4 Å². The van der Waals surface area contributed by atoms with E-state index in [4.69, 9.17) is 0 Å². The Bertz CT molecular complexity index is 554. The average Bonchev–Trinajstić information content (AvgIpc) is 3.30. The minimum atomic E-state index is 0.556. The van der Waals surface area contributed by atoms with Crippen LogP contribution in [0.4, 0.5) is 0 Å². The summed E-state index contributed by atoms with van der Waals surface area (Å²) in [6.45, 7) is 5.28. The summed E-state index contributed by atoms with van der Waals surface area (Å²) in [7, 11) is 0. The molecule has 3 heteroatoms. The zero-order valence-electron chi connectivity index (χ0n) is 12.1. The van der Waals surface area contributed by atoms with Crippen LogP contribution in [-0.4, -0.2) is 16.0 Å². The van der Waals surface area contributed by atoms with Crippen LogP contribution in [0.3, 0.4) is 0 Å². The van der Waals surface area contributed by atoms with Gasteiger partial charge in [-0.3, -0.25) is 0 Å². The molecule has 20 heavy (non-hydrogen) atoms. The molecule has 1 saturated carbocycles. The maximum Gasteiger partial charge on any atom is 0.159 e. The maximum atomic E-state index is 4.47. The quantitative estimate of drug-likeness (QED) is 0.900. The Morgan fingerprint density at radius 3 is 2.30 bits per heavy atom. The van der Waals surface area contributed by atoms with E-state index in [-0.39, 0.29) is 0 Å². The fourth-order valence-corrected chi connectivity index (χ4v) is 2.16. The van der Waals surface area contributed by atoms with Gasteiger partial charge in [-0.15, -0.1) is 0 Å². The molecule has 104 valence electrons. The molecule has 3 rings (SSSR count). The summed E-state index contributed by atoms with van der Waals surface area (Å²) < 4.78 is 0. The second kappa shape index (κ2) is 5.71. The number of nitrogens with one attached hydrogen (secondary N) is 1. The molecule has 1 aliphatic carbocycles. The van der Waals surface area contributed by atoms with Gasteiger partial charge < -0.3 is 5.32 Å². The Kier molecular flexibility index (Phi) is 3.79. The zero-order valence-corrected chi connectivity index (χ0v) is 12.1. The van der Waals surface area contributed by atoms with Crippen LogP contribution in [0.15, 0.2) is 36.7 Å². The number of aromatic nitrogens is 2. The second-order valence-electron chi connectivity index (χ2n) is 5.85. The SMILES string of the molecule is CC(C)c1ccc(-c2ncc(CNC3CC3)cn2)cc1. The fourth-order valence-electron chi connectivity index (χ4n) is 2.16. The molecule has 3 nitrogen and oxygen atoms in total. The van der Waals surface area contributed by atoms with Crippen molar-refractivity contribution in [2.45, 2.75) is 45.2 Å². The predicted molar refractivity (Wildman–Crippen MR) is 81.4 cm³/mol. The molecule has 0 atom stereocenters. The molecular formula is C17H21N3. The van der Waals surface area contributed by atoms with Crippen molar-refractivity contribution in [1.82, 2.24) is 15.3 Å². The minimum Gasteiger partial charge on any atom is -0.310 e. The van der Waals surface area contributed by atoms with Crippen molar-refractivity contribution in [2.75, 3.05) is 0 Å². The molecule has 0 saturated heterocycles. The summed E-state index contributed by atoms with van der Waals surface area (Å²) in [5, 5.41) is 3.47. The Morgan fingerprint density at radius 2 is 1.75 bits per heavy atom. The van der Waals surface area contributed by atoms with Crippen LogP contribution >= 0.6 is 0 Å². The Balaban J connectivity index is 1.69. The first-order chi connectivity index (χ1) is 9.72. The number of nitrogens with zero attached hydrogens (tertiary/aromatic N) is 2. The van der Waals surface area contributed by atoms with E-state index in [0.717, 1.165) is 29.5 Å². The number of rotatable bonds is 5. The Labute approximate surface area is 120 Å². The summed E-state index contributed by atoms with van der Waals surface area (Å²) in [4.78, 5) is 8.94. The molecule has 1 N–H and O–H groups in total. The lowest BCUT2D eigenvalue weighted by Gasteiger charge is -2.07. The highest BCUT2D eigenvalue weighted by Gasteiger charge is 2.19. The lowest BCUT2D eigenvalue weighted by atomic mass is 10.0. The third-order valence-electron chi connectivity index (χ3n) is 3.71. The van der Waals surface area contributed by atoms with Crippen molar-refractivity contribution in [2.24, 2.45) is 0 Å². The van der Waals surface area contributed by atoms with Gasteiger partial charge in [-0.2, -0.15) is 0 Å². The third kappa shape index (κ3) is 3.23. The van der Waals surface area contributed by atoms with Gasteiger partial charge in [-0.1, -0.05) is 38.1 Å². The highest BCUT2D eigenvalue weighted by Crippen LogP contribution is 2.21. The van der Waals surface area contributed by atoms with Crippen molar-refractivity contribution in [3.05, 3.63) is 47.8 Å². The van der Waals surface area contributed by atoms with Gasteiger partial charge in [0.2, 0.25) is 0 Å². The highest BCUT2D eigenvalue weighted by atomic mass is 15.0. The predicted octanol–water partition coefficient (Wildman–Crippen LogP) is 3.52. The van der Waals surface area contributed by atoms with E-state index in [0.29, 0.717) is 5.92 Å². The van der Waals surface area contributed by atoms with Gasteiger partial charge >= 0.3 is 0 Å². The number of benzene rings is 1. The Morgan fingerprint density at radius 1 is 1.10 bits per heavy atom. The van der Waals surface area contributed by atoms with E-state index in [2.05, 4.69) is 53.4 Å². The average molecular weight is 267 g/mol. The third-order valence-corrected chi connectivity index (χ3v) is 3.71. The van der Waals surface area contributed by atoms with E-state index in [9.17, 15) is 0 Å². The van der Waals surface area contributed by atoms with Gasteiger partial charge in [-0.25, -0.2) is 9.97 Å². The van der Waals surface area contributed by atoms with Gasteiger partial charge in [0.25, 0.3) is 0 Å². The van der Waals surface area contributed by atoms with Gasteiger partial charge in [0, 0.05) is 36.1 Å². The van der Waals surface area contributed by atoms with Crippen LogP contribution in [0.2, 0.25) is 0 Å². The van der Waals surface area contributed by atoms with Crippen LogP contribution in [-0.2, 0) is 6.54 Å². The van der Waals surface area contributed by atoms with Crippen molar-refractivity contribution in [3.63, 3.8) is 0 Å². The molecule has 1 aromatic carbocycles. The Hall–Kier alpha value is -1.74. The van der Waals surface area contributed by atoms with E-state index >= 15 is 0 Å². The van der Waals surface area contributed by atoms with Gasteiger partial charge in [-0.05, 0) is 24.3 Å². The van der Waals surface area contributed by atoms with Crippen LogP contribution in [0.5, 0.6) is 0 Å². The number of hydrogen-bond donors (Lipinski definition) is 1. The molecular weight excluding hydrogens is 246 g/mol. The number of hydrogen-bond acceptors (Lipinski definition) is 3. The van der Waals surface area contributed by atoms with Gasteiger partial charge in [0.1, 0.15) is 0 Å². The lowest BCUT2D eigenvalue weighted by Crippen LogP contribution is -2.15. The summed E-state index contributed by atoms with van der Waals surface area (Å²) >= 11 is 0. The molecule has 0 radical (unpaired) electrons. The van der Waals surface area contributed by atoms with Crippen molar-refractivity contribution in [1.29, 1.82) is 0 Å². The molecule has 0 spiro atoms. The van der Waals surface area contributed by atoms with Crippen molar-refractivity contribution < 1.29 is 0 Å². The molecule has 1 heterocycles. The summed E-state index contributed by atoms with van der Waals surface area (Å²) in [5.41, 5.74) is 3.58. The zero-order chi connectivity index (χ0) is 13.9. The normalized spacial score (nSPS) is 14.8. The van der Waals surface area contributed by atoms with E-state index in [1.54, 1.807) is 0 Å². The summed E-state index contributed by atoms with van der Waals surface area (Å²) in [6, 6.07) is 9.25. The highest BCUT2D eigenvalue weighted by molar-refractivity contribution is 5.55. The monoisotopic (exact) mass is 267 g/mol. The fraction of sp³-hybridized carbons (Fsp3) is 0.412. The summed E-state index contributed by atoms with van der Waals surface area (Å²) in [5.74, 6) is 1.36. The largest absolute Gasteiger partial charge is 0.310 e. The van der Waals surface area contributed by atoms with E-state index in [1.807, 2.05) is 12.4 Å². The first kappa shape index (κ1) is 13.3. The second-order valence-corrected chi connectivity index (χ2v) is 5.85. The molecule has 2 aromatic rings. The molecule has 0 amide bonds. The molecule has 1 aliphatic rings. The van der Waals surface area contributed by atoms with E-state index < -0.39 is 0 Å². The van der Waals surface area contributed by atoms with Crippen LogP contribution < -0.4 is 5.32 Å². The maximum absolute atomic E-state index is 4.47. The van der Waals surface area contributed by atoms with Crippen molar-refractivity contribution >= 4 is 0 Å². The molecule has 0 aliphatic heterocycles. The van der Waals surface area contributed by atoms with Crippen LogP contribution in [0.1, 0.15) is 43.7 Å². The first-order valence-electron chi connectivity index (χ1n) is 7.37. The lowest BCUT2D eigenvalue weighted by molar-refractivity contribution is 0.683. The van der Waals surface area contributed by atoms with Crippen molar-refractivity contribution in [3.8, 4) is 11.4 Å². The van der Waals surface area contributed by atoms with Gasteiger partial charge in [0.15, 0.2) is 5.82 Å². The topological polar surface area (TPSA) is 37.8 Å². The van der Waals surface area contributed by atoms with Crippen LogP contribution in [0, 0.1) is 0 Å². The first-order valence-corrected chi connectivity index (χ1v) is 7.37. The molecule has 1 fully saturated rings. The van der Waals surface area contributed by atoms with E-state index in [1.165, 1.54) is 18.4 Å². The van der Waals surface area contributed by atoms with Gasteiger partial charge in [0.05, 0.1) is 0 Å². The molecule has 0 bridgehead atoms. The summed E-state index contributed by atoms with van der Waals surface area (Å²) in [6.07, 6.45) is 6.46. The molecule has 0 unspecified atom stereocenters. The molecule has 1 aromatic heterocycles. The minimum absolute atomic E-state index is 0.556. The smallest absolute Gasteiger partial charge is 0.159 e.